The number of Topliss-reactive ketones (excluding diaryl/α,β-unsaturated/α-hetero) is 1. The fraction of sp³-hybridized carbons (Fsp3) is 0.406. The van der Waals surface area contributed by atoms with Crippen molar-refractivity contribution in [3.05, 3.63) is 72.1 Å². The van der Waals surface area contributed by atoms with E-state index in [-0.39, 0.29) is 11.7 Å². The van der Waals surface area contributed by atoms with Crippen molar-refractivity contribution in [3.8, 4) is 11.5 Å². The number of hydrogen-bond acceptors (Lipinski definition) is 6. The van der Waals surface area contributed by atoms with Gasteiger partial charge >= 0.3 is 0 Å². The first-order valence-corrected chi connectivity index (χ1v) is 14.0. The molecule has 0 aliphatic carbocycles. The average Bonchev–Trinajstić information content (AvgIpc) is 3.23. The molecule has 0 bridgehead atoms. The SMILES string of the molecule is CC(C)c1cccc(Nc2nc3cc(Oc4ccnc(CC(=O)C5CCN(C(C)C)CC5)c4)ccc3n2C)c1. The first-order chi connectivity index (χ1) is 18.8. The van der Waals surface area contributed by atoms with Crippen molar-refractivity contribution in [2.24, 2.45) is 13.0 Å². The Morgan fingerprint density at radius 1 is 1.03 bits per heavy atom. The molecule has 1 aliphatic heterocycles. The number of aromatic nitrogens is 3. The summed E-state index contributed by atoms with van der Waals surface area (Å²) in [4.78, 5) is 24.7. The zero-order valence-electron chi connectivity index (χ0n) is 23.6. The van der Waals surface area contributed by atoms with Crippen LogP contribution in [0.1, 0.15) is 57.7 Å². The molecule has 1 fully saturated rings. The molecule has 204 valence electrons. The molecule has 7 heteroatoms. The predicted molar refractivity (Wildman–Crippen MR) is 157 cm³/mol. The Labute approximate surface area is 231 Å². The fourth-order valence-corrected chi connectivity index (χ4v) is 5.27. The van der Waals surface area contributed by atoms with Crippen molar-refractivity contribution in [1.82, 2.24) is 19.4 Å². The third-order valence-corrected chi connectivity index (χ3v) is 7.76. The van der Waals surface area contributed by atoms with Crippen molar-refractivity contribution >= 4 is 28.5 Å². The highest BCUT2D eigenvalue weighted by Gasteiger charge is 2.26. The lowest BCUT2D eigenvalue weighted by Gasteiger charge is -2.33. The highest BCUT2D eigenvalue weighted by Crippen LogP contribution is 2.29. The Morgan fingerprint density at radius 2 is 1.79 bits per heavy atom. The second kappa shape index (κ2) is 11.6. The maximum Gasteiger partial charge on any atom is 0.208 e. The second-order valence-electron chi connectivity index (χ2n) is 11.2. The number of carbonyl (C=O) groups is 1. The summed E-state index contributed by atoms with van der Waals surface area (Å²) in [6, 6.07) is 18.6. The number of pyridine rings is 1. The van der Waals surface area contributed by atoms with Crippen LogP contribution >= 0.6 is 0 Å². The highest BCUT2D eigenvalue weighted by atomic mass is 16.5. The zero-order valence-corrected chi connectivity index (χ0v) is 23.6. The van der Waals surface area contributed by atoms with Crippen molar-refractivity contribution in [2.45, 2.75) is 58.9 Å². The van der Waals surface area contributed by atoms with Gasteiger partial charge in [-0.3, -0.25) is 9.78 Å². The van der Waals surface area contributed by atoms with E-state index in [0.29, 0.717) is 29.9 Å². The predicted octanol–water partition coefficient (Wildman–Crippen LogP) is 6.86. The zero-order chi connectivity index (χ0) is 27.5. The van der Waals surface area contributed by atoms with Crippen LogP contribution < -0.4 is 10.1 Å². The number of benzene rings is 2. The van der Waals surface area contributed by atoms with E-state index in [1.165, 1.54) is 5.56 Å². The molecule has 0 saturated carbocycles. The molecule has 3 heterocycles. The molecule has 2 aromatic heterocycles. The number of carbonyl (C=O) groups excluding carboxylic acids is 1. The fourth-order valence-electron chi connectivity index (χ4n) is 5.27. The molecule has 2 aromatic carbocycles. The summed E-state index contributed by atoms with van der Waals surface area (Å²) in [7, 11) is 2.00. The minimum Gasteiger partial charge on any atom is -0.457 e. The minimum atomic E-state index is 0.119. The lowest BCUT2D eigenvalue weighted by molar-refractivity contribution is -0.123. The van der Waals surface area contributed by atoms with Gasteiger partial charge in [-0.15, -0.1) is 0 Å². The van der Waals surface area contributed by atoms with E-state index in [0.717, 1.165) is 54.3 Å². The van der Waals surface area contributed by atoms with Crippen molar-refractivity contribution in [3.63, 3.8) is 0 Å². The molecular weight excluding hydrogens is 486 g/mol. The number of rotatable bonds is 9. The number of nitrogens with zero attached hydrogens (tertiary/aromatic N) is 4. The summed E-state index contributed by atoms with van der Waals surface area (Å²) in [6.45, 7) is 10.8. The van der Waals surface area contributed by atoms with E-state index >= 15 is 0 Å². The monoisotopic (exact) mass is 525 g/mol. The van der Waals surface area contributed by atoms with E-state index in [2.05, 4.69) is 67.2 Å². The number of piperidine rings is 1. The normalized spacial score (nSPS) is 14.8. The van der Waals surface area contributed by atoms with Gasteiger partial charge in [0.1, 0.15) is 17.3 Å². The molecule has 1 aliphatic rings. The molecule has 0 amide bonds. The van der Waals surface area contributed by atoms with Crippen LogP contribution in [0.5, 0.6) is 11.5 Å². The molecule has 39 heavy (non-hydrogen) atoms. The van der Waals surface area contributed by atoms with E-state index in [4.69, 9.17) is 9.72 Å². The minimum absolute atomic E-state index is 0.119. The topological polar surface area (TPSA) is 72.3 Å². The van der Waals surface area contributed by atoms with Gasteiger partial charge in [-0.1, -0.05) is 26.0 Å². The van der Waals surface area contributed by atoms with E-state index in [1.807, 2.05) is 41.9 Å². The molecule has 1 saturated heterocycles. The number of nitrogens with one attached hydrogen (secondary N) is 1. The Balaban J connectivity index is 1.26. The molecule has 7 nitrogen and oxygen atoms in total. The Hall–Kier alpha value is -3.71. The number of hydrogen-bond donors (Lipinski definition) is 1. The number of likely N-dealkylation sites (tertiary alicyclic amines) is 1. The third-order valence-electron chi connectivity index (χ3n) is 7.76. The standard InChI is InChI=1S/C32H39N5O2/c1-21(2)24-7-6-8-25(17-24)34-32-35-29-20-27(9-10-30(29)36(32)5)39-28-11-14-33-26(18-28)19-31(38)23-12-15-37(16-13-23)22(3)4/h6-11,14,17-18,20-23H,12-13,15-16,19H2,1-5H3,(H,34,35). The van der Waals surface area contributed by atoms with Gasteiger partial charge in [0, 0.05) is 49.4 Å². The third kappa shape index (κ3) is 6.31. The van der Waals surface area contributed by atoms with Gasteiger partial charge in [-0.25, -0.2) is 4.98 Å². The van der Waals surface area contributed by atoms with Crippen LogP contribution in [0.4, 0.5) is 11.6 Å². The molecule has 0 atom stereocenters. The van der Waals surface area contributed by atoms with E-state index in [9.17, 15) is 4.79 Å². The van der Waals surface area contributed by atoms with Gasteiger partial charge in [0.2, 0.25) is 5.95 Å². The second-order valence-corrected chi connectivity index (χ2v) is 11.2. The van der Waals surface area contributed by atoms with Gasteiger partial charge in [-0.05, 0) is 81.6 Å². The number of ether oxygens (including phenoxy) is 1. The van der Waals surface area contributed by atoms with Crippen LogP contribution in [-0.4, -0.2) is 44.3 Å². The van der Waals surface area contributed by atoms with E-state index < -0.39 is 0 Å². The maximum absolute atomic E-state index is 13.0. The molecule has 5 rings (SSSR count). The smallest absolute Gasteiger partial charge is 0.208 e. The number of ketones is 1. The van der Waals surface area contributed by atoms with Gasteiger partial charge < -0.3 is 19.5 Å². The molecule has 0 spiro atoms. The Morgan fingerprint density at radius 3 is 2.54 bits per heavy atom. The van der Waals surface area contributed by atoms with Crippen LogP contribution in [0, 0.1) is 5.92 Å². The number of imidazole rings is 1. The van der Waals surface area contributed by atoms with Crippen LogP contribution in [0.2, 0.25) is 0 Å². The van der Waals surface area contributed by atoms with Gasteiger partial charge in [0.05, 0.1) is 16.7 Å². The summed E-state index contributed by atoms with van der Waals surface area (Å²) in [5.74, 6) is 2.99. The first-order valence-electron chi connectivity index (χ1n) is 14.0. The molecule has 1 N–H and O–H groups in total. The van der Waals surface area contributed by atoms with Crippen LogP contribution in [0.25, 0.3) is 11.0 Å². The summed E-state index contributed by atoms with van der Waals surface area (Å²) in [5.41, 5.74) is 4.90. The number of fused-ring (bicyclic) bond motifs is 1. The van der Waals surface area contributed by atoms with Crippen LogP contribution in [0.3, 0.4) is 0 Å². The van der Waals surface area contributed by atoms with E-state index in [1.54, 1.807) is 6.20 Å². The largest absolute Gasteiger partial charge is 0.457 e. The molecule has 0 unspecified atom stereocenters. The summed E-state index contributed by atoms with van der Waals surface area (Å²) >= 11 is 0. The summed E-state index contributed by atoms with van der Waals surface area (Å²) in [6.07, 6.45) is 3.91. The number of aryl methyl sites for hydroxylation is 1. The average molecular weight is 526 g/mol. The molecule has 4 aromatic rings. The van der Waals surface area contributed by atoms with Gasteiger partial charge in [0.25, 0.3) is 0 Å². The van der Waals surface area contributed by atoms with Gasteiger partial charge in [-0.2, -0.15) is 0 Å². The first kappa shape index (κ1) is 26.9. The highest BCUT2D eigenvalue weighted by molar-refractivity contribution is 5.83. The molecule has 0 radical (unpaired) electrons. The van der Waals surface area contributed by atoms with Crippen LogP contribution in [0.15, 0.2) is 60.8 Å². The Kier molecular flexibility index (Phi) is 7.98. The number of anilines is 2. The summed E-state index contributed by atoms with van der Waals surface area (Å²) < 4.78 is 8.22. The molecular formula is C32H39N5O2. The summed E-state index contributed by atoms with van der Waals surface area (Å²) in [5, 5.41) is 3.45. The van der Waals surface area contributed by atoms with Crippen molar-refractivity contribution in [1.29, 1.82) is 0 Å². The van der Waals surface area contributed by atoms with Crippen molar-refractivity contribution < 1.29 is 9.53 Å². The Bertz CT molecular complexity index is 1450. The quantitative estimate of drug-likeness (QED) is 0.257. The van der Waals surface area contributed by atoms with Crippen molar-refractivity contribution in [2.75, 3.05) is 18.4 Å². The maximum atomic E-state index is 13.0. The van der Waals surface area contributed by atoms with Crippen LogP contribution in [-0.2, 0) is 18.3 Å². The van der Waals surface area contributed by atoms with Gasteiger partial charge in [0.15, 0.2) is 0 Å². The lowest BCUT2D eigenvalue weighted by atomic mass is 9.90. The lowest BCUT2D eigenvalue weighted by Crippen LogP contribution is -2.40.